The van der Waals surface area contributed by atoms with Crippen molar-refractivity contribution >= 4 is 26.8 Å². The Bertz CT molecular complexity index is 1640. The standard InChI is InChI=1S/C33H38N4O4S/c1-23(2)21-37(3)22-24-13-15-27-29(17-18-41-31(27)19-24)34-32(38)20-30(25-9-5-4-6-10-25)36-42(39,40)33-16-14-26-11-7-8-12-28(26)35-33/h4-16,19,23,29-30,36H,17-18,20-22H2,1-3H3,(H,34,38). The van der Waals surface area contributed by atoms with Crippen LogP contribution in [0.5, 0.6) is 5.75 Å². The Morgan fingerprint density at radius 3 is 2.57 bits per heavy atom. The second-order valence-corrected chi connectivity index (χ2v) is 13.0. The van der Waals surface area contributed by atoms with Crippen molar-refractivity contribution in [2.24, 2.45) is 5.92 Å². The van der Waals surface area contributed by atoms with Crippen LogP contribution in [0, 0.1) is 5.92 Å². The Balaban J connectivity index is 1.31. The van der Waals surface area contributed by atoms with Crippen molar-refractivity contribution in [2.45, 2.75) is 50.3 Å². The number of benzene rings is 3. The van der Waals surface area contributed by atoms with E-state index in [0.717, 1.165) is 35.4 Å². The number of hydrogen-bond acceptors (Lipinski definition) is 6. The van der Waals surface area contributed by atoms with Gasteiger partial charge in [0.2, 0.25) is 5.91 Å². The second kappa shape index (κ2) is 13.0. The summed E-state index contributed by atoms with van der Waals surface area (Å²) in [6.45, 7) is 6.71. The number of carbonyl (C=O) groups is 1. The molecule has 1 amide bonds. The fraction of sp³-hybridized carbons (Fsp3) is 0.333. The maximum atomic E-state index is 13.4. The highest BCUT2D eigenvalue weighted by molar-refractivity contribution is 7.89. The van der Waals surface area contributed by atoms with Crippen LogP contribution >= 0.6 is 0 Å². The Morgan fingerprint density at radius 2 is 1.79 bits per heavy atom. The van der Waals surface area contributed by atoms with Gasteiger partial charge in [-0.05, 0) is 48.4 Å². The molecule has 1 aliphatic rings. The number of amides is 1. The highest BCUT2D eigenvalue weighted by atomic mass is 32.2. The Kier molecular flexibility index (Phi) is 9.21. The summed E-state index contributed by atoms with van der Waals surface area (Å²) in [6.07, 6.45) is 0.565. The minimum atomic E-state index is -4.01. The number of nitrogens with zero attached hydrogens (tertiary/aromatic N) is 2. The number of nitrogens with one attached hydrogen (secondary N) is 2. The first kappa shape index (κ1) is 29.7. The van der Waals surface area contributed by atoms with Crippen LogP contribution in [0.2, 0.25) is 0 Å². The van der Waals surface area contributed by atoms with E-state index in [0.29, 0.717) is 30.0 Å². The zero-order valence-electron chi connectivity index (χ0n) is 24.3. The van der Waals surface area contributed by atoms with Gasteiger partial charge in [0, 0.05) is 36.9 Å². The summed E-state index contributed by atoms with van der Waals surface area (Å²) in [5.74, 6) is 1.11. The number of fused-ring (bicyclic) bond motifs is 2. The van der Waals surface area contributed by atoms with Gasteiger partial charge in [-0.3, -0.25) is 4.79 Å². The maximum absolute atomic E-state index is 13.4. The fourth-order valence-corrected chi connectivity index (χ4v) is 6.66. The van der Waals surface area contributed by atoms with E-state index in [-0.39, 0.29) is 23.4 Å². The Labute approximate surface area is 248 Å². The molecule has 2 atom stereocenters. The zero-order valence-corrected chi connectivity index (χ0v) is 25.1. The van der Waals surface area contributed by atoms with Gasteiger partial charge in [0.05, 0.1) is 24.2 Å². The molecule has 4 aromatic rings. The molecule has 0 bridgehead atoms. The van der Waals surface area contributed by atoms with Gasteiger partial charge in [0.25, 0.3) is 10.0 Å². The third-order valence-corrected chi connectivity index (χ3v) is 8.69. The van der Waals surface area contributed by atoms with E-state index in [1.165, 1.54) is 6.07 Å². The summed E-state index contributed by atoms with van der Waals surface area (Å²) in [4.78, 5) is 20.1. The van der Waals surface area contributed by atoms with Crippen LogP contribution in [-0.4, -0.2) is 44.4 Å². The molecule has 1 aromatic heterocycles. The summed E-state index contributed by atoms with van der Waals surface area (Å²) in [7, 11) is -1.91. The van der Waals surface area contributed by atoms with Gasteiger partial charge in [0.1, 0.15) is 5.75 Å². The van der Waals surface area contributed by atoms with E-state index in [1.807, 2.05) is 54.6 Å². The van der Waals surface area contributed by atoms with Crippen LogP contribution in [0.25, 0.3) is 10.9 Å². The molecular weight excluding hydrogens is 548 g/mol. The minimum absolute atomic E-state index is 0.0679. The topological polar surface area (TPSA) is 101 Å². The van der Waals surface area contributed by atoms with Crippen molar-refractivity contribution in [3.05, 3.63) is 102 Å². The van der Waals surface area contributed by atoms with E-state index >= 15 is 0 Å². The average molecular weight is 587 g/mol. The number of rotatable bonds is 11. The lowest BCUT2D eigenvalue weighted by atomic mass is 9.97. The first-order chi connectivity index (χ1) is 20.2. The summed E-state index contributed by atoms with van der Waals surface area (Å²) < 4.78 is 35.6. The van der Waals surface area contributed by atoms with Crippen molar-refractivity contribution in [1.29, 1.82) is 0 Å². The van der Waals surface area contributed by atoms with Crippen LogP contribution in [0.4, 0.5) is 0 Å². The number of ether oxygens (including phenoxy) is 1. The van der Waals surface area contributed by atoms with Gasteiger partial charge in [-0.2, -0.15) is 0 Å². The minimum Gasteiger partial charge on any atom is -0.493 e. The summed E-state index contributed by atoms with van der Waals surface area (Å²) in [5, 5.41) is 3.89. The van der Waals surface area contributed by atoms with E-state index in [2.05, 4.69) is 53.0 Å². The number of pyridine rings is 1. The quantitative estimate of drug-likeness (QED) is 0.245. The predicted octanol–water partition coefficient (Wildman–Crippen LogP) is 5.37. The van der Waals surface area contributed by atoms with Crippen LogP contribution in [0.1, 0.15) is 55.5 Å². The van der Waals surface area contributed by atoms with E-state index in [1.54, 1.807) is 12.1 Å². The van der Waals surface area contributed by atoms with Crippen LogP contribution in [0.15, 0.2) is 90.0 Å². The third kappa shape index (κ3) is 7.34. The third-order valence-electron chi connectivity index (χ3n) is 7.32. The molecule has 2 heterocycles. The van der Waals surface area contributed by atoms with Crippen LogP contribution in [0.3, 0.4) is 0 Å². The van der Waals surface area contributed by atoms with Gasteiger partial charge < -0.3 is 15.0 Å². The van der Waals surface area contributed by atoms with Crippen molar-refractivity contribution in [3.8, 4) is 5.75 Å². The molecule has 42 heavy (non-hydrogen) atoms. The number of hydrogen-bond donors (Lipinski definition) is 2. The largest absolute Gasteiger partial charge is 0.493 e. The van der Waals surface area contributed by atoms with Crippen molar-refractivity contribution in [3.63, 3.8) is 0 Å². The van der Waals surface area contributed by atoms with Gasteiger partial charge >= 0.3 is 0 Å². The number of sulfonamides is 1. The van der Waals surface area contributed by atoms with E-state index in [9.17, 15) is 13.2 Å². The SMILES string of the molecule is CC(C)CN(C)Cc1ccc2c(c1)OCCC2NC(=O)CC(NS(=O)(=O)c1ccc2ccccc2n1)c1ccccc1. The molecule has 0 aliphatic carbocycles. The molecule has 0 spiro atoms. The molecule has 2 N–H and O–H groups in total. The van der Waals surface area contributed by atoms with Crippen LogP contribution in [-0.2, 0) is 21.4 Å². The maximum Gasteiger partial charge on any atom is 0.258 e. The molecule has 0 fully saturated rings. The molecule has 5 rings (SSSR count). The smallest absolute Gasteiger partial charge is 0.258 e. The lowest BCUT2D eigenvalue weighted by Gasteiger charge is -2.28. The molecular formula is C33H38N4O4S. The lowest BCUT2D eigenvalue weighted by Crippen LogP contribution is -2.37. The molecule has 0 saturated heterocycles. The predicted molar refractivity (Wildman–Crippen MR) is 164 cm³/mol. The number of carbonyl (C=O) groups excluding carboxylic acids is 1. The zero-order chi connectivity index (χ0) is 29.7. The molecule has 0 saturated carbocycles. The van der Waals surface area contributed by atoms with Gasteiger partial charge in [-0.15, -0.1) is 0 Å². The van der Waals surface area contributed by atoms with Gasteiger partial charge in [0.15, 0.2) is 5.03 Å². The Hall–Kier alpha value is -3.79. The molecule has 0 radical (unpaired) electrons. The van der Waals surface area contributed by atoms with Crippen LogP contribution < -0.4 is 14.8 Å². The second-order valence-electron chi connectivity index (χ2n) is 11.4. The monoisotopic (exact) mass is 586 g/mol. The van der Waals surface area contributed by atoms with Crippen molar-refractivity contribution in [2.75, 3.05) is 20.2 Å². The molecule has 3 aromatic carbocycles. The summed E-state index contributed by atoms with van der Waals surface area (Å²) in [5.41, 5.74) is 3.37. The summed E-state index contributed by atoms with van der Waals surface area (Å²) in [6, 6.07) is 24.9. The highest BCUT2D eigenvalue weighted by Crippen LogP contribution is 2.33. The fourth-order valence-electron chi connectivity index (χ4n) is 5.48. The van der Waals surface area contributed by atoms with E-state index in [4.69, 9.17) is 4.74 Å². The molecule has 220 valence electrons. The number of aromatic nitrogens is 1. The molecule has 8 nitrogen and oxygen atoms in total. The van der Waals surface area contributed by atoms with Crippen molar-refractivity contribution < 1.29 is 17.9 Å². The van der Waals surface area contributed by atoms with Gasteiger partial charge in [-0.1, -0.05) is 74.5 Å². The molecule has 1 aliphatic heterocycles. The normalized spacial score (nSPS) is 15.8. The molecule has 2 unspecified atom stereocenters. The average Bonchev–Trinajstić information content (AvgIpc) is 2.96. The van der Waals surface area contributed by atoms with Crippen molar-refractivity contribution in [1.82, 2.24) is 19.9 Å². The number of para-hydroxylation sites is 1. The first-order valence-corrected chi connectivity index (χ1v) is 15.8. The highest BCUT2D eigenvalue weighted by Gasteiger charge is 2.28. The Morgan fingerprint density at radius 1 is 1.02 bits per heavy atom. The summed E-state index contributed by atoms with van der Waals surface area (Å²) >= 11 is 0. The first-order valence-electron chi connectivity index (χ1n) is 14.3. The molecule has 9 heteroatoms. The van der Waals surface area contributed by atoms with E-state index < -0.39 is 16.1 Å². The lowest BCUT2D eigenvalue weighted by molar-refractivity contribution is -0.122. The van der Waals surface area contributed by atoms with Gasteiger partial charge in [-0.25, -0.2) is 18.1 Å².